The molecular formula is C15H5Br2ClF7S. The molecule has 0 bridgehead atoms. The number of alkyl halides is 7. The molecule has 0 unspecified atom stereocenters. The van der Waals surface area contributed by atoms with Crippen LogP contribution in [-0.2, 0) is 0 Å². The molecule has 1 radical (unpaired) electrons. The summed E-state index contributed by atoms with van der Waals surface area (Å²) >= 11 is 10.9. The van der Waals surface area contributed by atoms with Gasteiger partial charge in [0, 0.05) is 30.5 Å². The van der Waals surface area contributed by atoms with Crippen molar-refractivity contribution >= 4 is 55.2 Å². The first-order chi connectivity index (χ1) is 11.8. The molecule has 0 aliphatic rings. The lowest BCUT2D eigenvalue weighted by Crippen LogP contribution is -2.49. The molecule has 26 heavy (non-hydrogen) atoms. The molecule has 0 aromatic heterocycles. The van der Waals surface area contributed by atoms with Crippen LogP contribution in [0.3, 0.4) is 0 Å². The molecule has 0 aliphatic heterocycles. The van der Waals surface area contributed by atoms with Gasteiger partial charge in [0.05, 0.1) is 0 Å². The summed E-state index contributed by atoms with van der Waals surface area (Å²) in [5.41, 5.74) is 0.256. The van der Waals surface area contributed by atoms with Crippen molar-refractivity contribution in [3.63, 3.8) is 0 Å². The molecule has 0 heterocycles. The van der Waals surface area contributed by atoms with Gasteiger partial charge in [0.1, 0.15) is 0 Å². The van der Waals surface area contributed by atoms with Crippen LogP contribution < -0.4 is 0 Å². The lowest BCUT2D eigenvalue weighted by molar-refractivity contribution is -0.330. The van der Waals surface area contributed by atoms with E-state index in [1.165, 1.54) is 24.3 Å². The summed E-state index contributed by atoms with van der Waals surface area (Å²) in [6, 6.07) is 9.33. The average molecular weight is 546 g/mol. The van der Waals surface area contributed by atoms with Gasteiger partial charge in [-0.25, -0.2) is 0 Å². The second-order valence-corrected chi connectivity index (χ2v) is 8.11. The number of benzene rings is 2. The van der Waals surface area contributed by atoms with Gasteiger partial charge in [-0.05, 0) is 51.5 Å². The van der Waals surface area contributed by atoms with Crippen LogP contribution in [0.2, 0.25) is 5.02 Å². The second kappa shape index (κ2) is 7.52. The Labute approximate surface area is 169 Å². The summed E-state index contributed by atoms with van der Waals surface area (Å²) in [6.07, 6.45) is -6.40. The molecule has 0 aliphatic carbocycles. The van der Waals surface area contributed by atoms with Crippen molar-refractivity contribution in [2.45, 2.75) is 22.2 Å². The largest absolute Gasteiger partial charge is 0.460 e. The molecule has 2 aromatic carbocycles. The number of hydrogen-bond acceptors (Lipinski definition) is 1. The lowest BCUT2D eigenvalue weighted by atomic mass is 10.1. The van der Waals surface area contributed by atoms with E-state index < -0.39 is 34.0 Å². The highest BCUT2D eigenvalue weighted by molar-refractivity contribution is 9.11. The smallest absolute Gasteiger partial charge is 0.188 e. The van der Waals surface area contributed by atoms with E-state index in [0.29, 0.717) is 5.02 Å². The monoisotopic (exact) mass is 543 g/mol. The minimum absolute atomic E-state index is 0.0208. The van der Waals surface area contributed by atoms with Gasteiger partial charge in [0.25, 0.3) is 0 Å². The zero-order valence-corrected chi connectivity index (χ0v) is 16.8. The van der Waals surface area contributed by atoms with Crippen LogP contribution in [-0.4, -0.2) is 17.4 Å². The normalized spacial score (nSPS) is 13.2. The Morgan fingerprint density at radius 3 is 1.96 bits per heavy atom. The van der Waals surface area contributed by atoms with Crippen molar-refractivity contribution in [1.29, 1.82) is 0 Å². The van der Waals surface area contributed by atoms with Gasteiger partial charge in [-0.1, -0.05) is 39.7 Å². The summed E-state index contributed by atoms with van der Waals surface area (Å²) in [6.45, 7) is 0. The summed E-state index contributed by atoms with van der Waals surface area (Å²) in [5.74, 6) is -6.22. The van der Waals surface area contributed by atoms with Gasteiger partial charge >= 0.3 is 17.4 Å². The topological polar surface area (TPSA) is 0 Å². The second-order valence-electron chi connectivity index (χ2n) is 4.87. The number of hydrogen-bond donors (Lipinski definition) is 0. The Morgan fingerprint density at radius 1 is 0.923 bits per heavy atom. The molecular weight excluding hydrogens is 540 g/mol. The molecule has 2 rings (SSSR count). The molecule has 141 valence electrons. The van der Waals surface area contributed by atoms with Crippen LogP contribution in [0, 0.1) is 6.07 Å². The van der Waals surface area contributed by atoms with E-state index in [9.17, 15) is 30.7 Å². The Bertz CT molecular complexity index is 807. The first-order valence-corrected chi connectivity index (χ1v) is 9.23. The zero-order chi connectivity index (χ0) is 19.9. The average Bonchev–Trinajstić information content (AvgIpc) is 2.46. The van der Waals surface area contributed by atoms with Crippen LogP contribution in [0.15, 0.2) is 44.2 Å². The van der Waals surface area contributed by atoms with Crippen LogP contribution in [0.4, 0.5) is 30.7 Å². The Balaban J connectivity index is 2.58. The summed E-state index contributed by atoms with van der Waals surface area (Å²) in [7, 11) is 0. The van der Waals surface area contributed by atoms with E-state index >= 15 is 0 Å². The van der Waals surface area contributed by atoms with Crippen molar-refractivity contribution in [3.8, 4) is 11.1 Å². The predicted octanol–water partition coefficient (Wildman–Crippen LogP) is 8.21. The fraction of sp³-hybridized carbons (Fsp3) is 0.200. The van der Waals surface area contributed by atoms with E-state index in [1.807, 2.05) is 0 Å². The number of halogens is 10. The third-order valence-corrected chi connectivity index (χ3v) is 5.37. The standard InChI is InChI=1S/C15H5Br2ClF7S/c16-8-5-10(17)12(7-1-3-9(18)4-2-7)11(6-8)26-15(24,25)13(19,20)14(21,22)23/h1-4,6H. The molecule has 11 heteroatoms. The van der Waals surface area contributed by atoms with Crippen LogP contribution >= 0.6 is 55.2 Å². The number of rotatable bonds is 4. The first kappa shape index (κ1) is 21.8. The van der Waals surface area contributed by atoms with E-state index in [-0.39, 0.29) is 20.1 Å². The fourth-order valence-corrected chi connectivity index (χ4v) is 4.61. The summed E-state index contributed by atoms with van der Waals surface area (Å²) < 4.78 is 91.5. The van der Waals surface area contributed by atoms with Crippen molar-refractivity contribution in [1.82, 2.24) is 0 Å². The SMILES string of the molecule is FC(F)(F)C(F)(F)C(F)(F)Sc1cc(Br)[c]c(Br)c1-c1ccc(Cl)cc1. The van der Waals surface area contributed by atoms with Gasteiger partial charge in [-0.2, -0.15) is 30.7 Å². The van der Waals surface area contributed by atoms with E-state index in [2.05, 4.69) is 37.9 Å². The van der Waals surface area contributed by atoms with E-state index in [4.69, 9.17) is 11.6 Å². The molecule has 0 saturated heterocycles. The van der Waals surface area contributed by atoms with Crippen LogP contribution in [0.5, 0.6) is 0 Å². The van der Waals surface area contributed by atoms with Crippen molar-refractivity contribution in [2.75, 3.05) is 0 Å². The van der Waals surface area contributed by atoms with Gasteiger partial charge in [-0.3, -0.25) is 0 Å². The molecule has 0 N–H and O–H groups in total. The molecule has 0 spiro atoms. The maximum atomic E-state index is 13.8. The summed E-state index contributed by atoms with van der Waals surface area (Å²) in [5, 5.41) is -5.11. The van der Waals surface area contributed by atoms with Crippen molar-refractivity contribution in [2.24, 2.45) is 0 Å². The maximum Gasteiger partial charge on any atom is 0.460 e. The highest BCUT2D eigenvalue weighted by Gasteiger charge is 2.73. The van der Waals surface area contributed by atoms with E-state index in [1.54, 1.807) is 0 Å². The van der Waals surface area contributed by atoms with Crippen molar-refractivity contribution in [3.05, 3.63) is 50.4 Å². The van der Waals surface area contributed by atoms with Gasteiger partial charge < -0.3 is 0 Å². The molecule has 0 amide bonds. The van der Waals surface area contributed by atoms with Crippen LogP contribution in [0.25, 0.3) is 11.1 Å². The van der Waals surface area contributed by atoms with E-state index in [0.717, 1.165) is 6.07 Å². The molecule has 0 fully saturated rings. The zero-order valence-electron chi connectivity index (χ0n) is 12.1. The fourth-order valence-electron chi connectivity index (χ4n) is 1.83. The molecule has 0 atom stereocenters. The Morgan fingerprint density at radius 2 is 1.46 bits per heavy atom. The van der Waals surface area contributed by atoms with Crippen LogP contribution in [0.1, 0.15) is 0 Å². The first-order valence-electron chi connectivity index (χ1n) is 6.45. The molecule has 0 nitrogen and oxygen atoms in total. The minimum atomic E-state index is -6.40. The highest BCUT2D eigenvalue weighted by Crippen LogP contribution is 2.55. The lowest BCUT2D eigenvalue weighted by Gasteiger charge is -2.28. The van der Waals surface area contributed by atoms with Gasteiger partial charge in [-0.15, -0.1) is 0 Å². The quantitative estimate of drug-likeness (QED) is 0.276. The Hall–Kier alpha value is -0.450. The highest BCUT2D eigenvalue weighted by atomic mass is 79.9. The molecule has 2 aromatic rings. The minimum Gasteiger partial charge on any atom is -0.188 e. The summed E-state index contributed by atoms with van der Waals surface area (Å²) in [4.78, 5) is -0.501. The van der Waals surface area contributed by atoms with Gasteiger partial charge in [0.2, 0.25) is 0 Å². The predicted molar refractivity (Wildman–Crippen MR) is 92.9 cm³/mol. The van der Waals surface area contributed by atoms with Gasteiger partial charge in [0.15, 0.2) is 0 Å². The third-order valence-electron chi connectivity index (χ3n) is 3.05. The Kier molecular flexibility index (Phi) is 6.32. The number of thioether (sulfide) groups is 1. The molecule has 0 saturated carbocycles. The van der Waals surface area contributed by atoms with Crippen molar-refractivity contribution < 1.29 is 30.7 Å². The third kappa shape index (κ3) is 4.34. The maximum absolute atomic E-state index is 13.8.